The highest BCUT2D eigenvalue weighted by Crippen LogP contribution is 2.29. The Morgan fingerprint density at radius 2 is 1.85 bits per heavy atom. The molecule has 1 saturated carbocycles. The van der Waals surface area contributed by atoms with Crippen molar-refractivity contribution in [3.63, 3.8) is 0 Å². The number of carbonyl (C=O) groups excluding carboxylic acids is 2. The summed E-state index contributed by atoms with van der Waals surface area (Å²) in [5.74, 6) is -1.08. The van der Waals surface area contributed by atoms with Gasteiger partial charge in [-0.25, -0.2) is 0 Å². The van der Waals surface area contributed by atoms with Gasteiger partial charge in [0.25, 0.3) is 0 Å². The Bertz CT molecular complexity index is 352. The van der Waals surface area contributed by atoms with E-state index in [4.69, 9.17) is 0 Å². The number of alkyl halides is 3. The minimum Gasteiger partial charge on any atom is -0.344 e. The molecule has 1 aliphatic rings. The molecule has 116 valence electrons. The van der Waals surface area contributed by atoms with Crippen LogP contribution in [0, 0.1) is 5.92 Å². The normalized spacial score (nSPS) is 17.9. The molecule has 1 aliphatic carbocycles. The third kappa shape index (κ3) is 5.02. The fourth-order valence-electron chi connectivity index (χ4n) is 2.65. The summed E-state index contributed by atoms with van der Waals surface area (Å²) < 4.78 is 37.4. The second kappa shape index (κ2) is 6.95. The van der Waals surface area contributed by atoms with Crippen LogP contribution in [0.5, 0.6) is 0 Å². The van der Waals surface area contributed by atoms with E-state index in [0.29, 0.717) is 0 Å². The monoisotopic (exact) mass is 294 g/mol. The van der Waals surface area contributed by atoms with E-state index in [1.807, 2.05) is 0 Å². The summed E-state index contributed by atoms with van der Waals surface area (Å²) >= 11 is 0. The van der Waals surface area contributed by atoms with Gasteiger partial charge < -0.3 is 10.2 Å². The van der Waals surface area contributed by atoms with E-state index in [9.17, 15) is 22.8 Å². The molecular weight excluding hydrogens is 273 g/mol. The molecule has 0 aromatic heterocycles. The van der Waals surface area contributed by atoms with Crippen LogP contribution in [0.15, 0.2) is 0 Å². The maximum absolute atomic E-state index is 12.5. The molecule has 0 aliphatic heterocycles. The quantitative estimate of drug-likeness (QED) is 0.844. The van der Waals surface area contributed by atoms with Crippen molar-refractivity contribution in [2.75, 3.05) is 13.1 Å². The lowest BCUT2D eigenvalue weighted by Crippen LogP contribution is -2.53. The van der Waals surface area contributed by atoms with Gasteiger partial charge in [-0.05, 0) is 25.7 Å². The summed E-state index contributed by atoms with van der Waals surface area (Å²) in [5.41, 5.74) is 0. The van der Waals surface area contributed by atoms with Crippen LogP contribution in [0.2, 0.25) is 0 Å². The van der Waals surface area contributed by atoms with E-state index in [0.717, 1.165) is 30.6 Å². The fraction of sp³-hybridized carbons (Fsp3) is 0.846. The predicted octanol–water partition coefficient (Wildman–Crippen LogP) is 2.09. The molecule has 1 unspecified atom stereocenters. The van der Waals surface area contributed by atoms with E-state index in [1.165, 1.54) is 13.8 Å². The Balaban J connectivity index is 2.81. The Morgan fingerprint density at radius 3 is 2.25 bits per heavy atom. The molecule has 0 saturated heterocycles. The Labute approximate surface area is 116 Å². The second-order valence-electron chi connectivity index (χ2n) is 5.19. The number of amides is 2. The molecule has 7 heteroatoms. The third-order valence-corrected chi connectivity index (χ3v) is 3.56. The number of rotatable bonds is 5. The van der Waals surface area contributed by atoms with Crippen LogP contribution in [0.1, 0.15) is 39.5 Å². The number of nitrogens with one attached hydrogen (secondary N) is 1. The van der Waals surface area contributed by atoms with E-state index in [2.05, 4.69) is 5.32 Å². The van der Waals surface area contributed by atoms with Crippen LogP contribution in [-0.2, 0) is 9.59 Å². The van der Waals surface area contributed by atoms with Crippen LogP contribution < -0.4 is 5.32 Å². The first-order valence-electron chi connectivity index (χ1n) is 6.87. The molecule has 4 nitrogen and oxygen atoms in total. The maximum Gasteiger partial charge on any atom is 0.406 e. The molecular formula is C13H21F3N2O2. The zero-order chi connectivity index (χ0) is 15.3. The Kier molecular flexibility index (Phi) is 5.83. The van der Waals surface area contributed by atoms with Crippen molar-refractivity contribution in [1.82, 2.24) is 10.2 Å². The largest absolute Gasteiger partial charge is 0.406 e. The summed E-state index contributed by atoms with van der Waals surface area (Å²) in [6.45, 7) is 1.48. The Hall–Kier alpha value is -1.27. The van der Waals surface area contributed by atoms with Gasteiger partial charge in [-0.3, -0.25) is 9.59 Å². The van der Waals surface area contributed by atoms with Crippen LogP contribution >= 0.6 is 0 Å². The first kappa shape index (κ1) is 16.8. The van der Waals surface area contributed by atoms with Gasteiger partial charge in [0.1, 0.15) is 12.6 Å². The molecule has 0 bridgehead atoms. The first-order chi connectivity index (χ1) is 9.24. The number of likely N-dealkylation sites (N-methyl/N-ethyl adjacent to an activating group) is 1. The van der Waals surface area contributed by atoms with Crippen LogP contribution in [0.4, 0.5) is 13.2 Å². The molecule has 1 atom stereocenters. The summed E-state index contributed by atoms with van der Waals surface area (Å²) in [4.78, 5) is 24.3. The van der Waals surface area contributed by atoms with Gasteiger partial charge >= 0.3 is 6.18 Å². The van der Waals surface area contributed by atoms with Crippen molar-refractivity contribution in [3.8, 4) is 0 Å². The lowest BCUT2D eigenvalue weighted by molar-refractivity contribution is -0.163. The smallest absolute Gasteiger partial charge is 0.344 e. The van der Waals surface area contributed by atoms with Crippen LogP contribution in [-0.4, -0.2) is 42.0 Å². The van der Waals surface area contributed by atoms with Crippen molar-refractivity contribution in [2.45, 2.75) is 51.7 Å². The number of carbonyl (C=O) groups is 2. The molecule has 1 fully saturated rings. The molecule has 1 rings (SSSR count). The van der Waals surface area contributed by atoms with E-state index in [-0.39, 0.29) is 12.5 Å². The summed E-state index contributed by atoms with van der Waals surface area (Å²) in [5, 5.41) is 2.52. The minimum atomic E-state index is -4.43. The van der Waals surface area contributed by atoms with Crippen molar-refractivity contribution < 1.29 is 22.8 Å². The van der Waals surface area contributed by atoms with E-state index < -0.39 is 30.6 Å². The SMILES string of the molecule is CCN(CC(F)(F)F)C(=O)C(NC(C)=O)C1CCCC1. The molecule has 0 spiro atoms. The molecule has 20 heavy (non-hydrogen) atoms. The molecule has 2 amide bonds. The van der Waals surface area contributed by atoms with Crippen molar-refractivity contribution >= 4 is 11.8 Å². The molecule has 0 aromatic rings. The standard InChI is InChI=1S/C13H21F3N2O2/c1-3-18(8-13(14,15)16)12(20)11(17-9(2)19)10-6-4-5-7-10/h10-11H,3-8H2,1-2H3,(H,17,19). The molecule has 0 aromatic carbocycles. The number of hydrogen-bond acceptors (Lipinski definition) is 2. The maximum atomic E-state index is 12.5. The highest BCUT2D eigenvalue weighted by molar-refractivity contribution is 5.87. The van der Waals surface area contributed by atoms with Gasteiger partial charge in [-0.1, -0.05) is 12.8 Å². The van der Waals surface area contributed by atoms with Crippen molar-refractivity contribution in [2.24, 2.45) is 5.92 Å². The van der Waals surface area contributed by atoms with Gasteiger partial charge in [0, 0.05) is 13.5 Å². The second-order valence-corrected chi connectivity index (χ2v) is 5.19. The van der Waals surface area contributed by atoms with Crippen LogP contribution in [0.3, 0.4) is 0 Å². The van der Waals surface area contributed by atoms with E-state index >= 15 is 0 Å². The summed E-state index contributed by atoms with van der Waals surface area (Å²) in [6, 6.07) is -0.836. The first-order valence-corrected chi connectivity index (χ1v) is 6.87. The van der Waals surface area contributed by atoms with Gasteiger partial charge in [0.2, 0.25) is 11.8 Å². The van der Waals surface area contributed by atoms with Gasteiger partial charge in [0.05, 0.1) is 0 Å². The molecule has 0 heterocycles. The molecule has 0 radical (unpaired) electrons. The average molecular weight is 294 g/mol. The predicted molar refractivity (Wildman–Crippen MR) is 67.9 cm³/mol. The lowest BCUT2D eigenvalue weighted by Gasteiger charge is -2.30. The zero-order valence-corrected chi connectivity index (χ0v) is 11.8. The highest BCUT2D eigenvalue weighted by Gasteiger charge is 2.38. The third-order valence-electron chi connectivity index (χ3n) is 3.56. The van der Waals surface area contributed by atoms with Gasteiger partial charge in [0.15, 0.2) is 0 Å². The summed E-state index contributed by atoms with van der Waals surface area (Å²) in [6.07, 6.45) is -1.01. The highest BCUT2D eigenvalue weighted by atomic mass is 19.4. The van der Waals surface area contributed by atoms with E-state index in [1.54, 1.807) is 0 Å². The van der Waals surface area contributed by atoms with Crippen molar-refractivity contribution in [1.29, 1.82) is 0 Å². The fourth-order valence-corrected chi connectivity index (χ4v) is 2.65. The average Bonchev–Trinajstić information content (AvgIpc) is 2.84. The number of halogens is 3. The number of nitrogens with zero attached hydrogens (tertiary/aromatic N) is 1. The van der Waals surface area contributed by atoms with Crippen LogP contribution in [0.25, 0.3) is 0 Å². The van der Waals surface area contributed by atoms with Crippen molar-refractivity contribution in [3.05, 3.63) is 0 Å². The summed E-state index contributed by atoms with van der Waals surface area (Å²) in [7, 11) is 0. The van der Waals surface area contributed by atoms with Gasteiger partial charge in [-0.15, -0.1) is 0 Å². The lowest BCUT2D eigenvalue weighted by atomic mass is 9.96. The molecule has 1 N–H and O–H groups in total. The van der Waals surface area contributed by atoms with Gasteiger partial charge in [-0.2, -0.15) is 13.2 Å². The number of hydrogen-bond donors (Lipinski definition) is 1. The minimum absolute atomic E-state index is 0.0266. The zero-order valence-electron chi connectivity index (χ0n) is 11.8. The Morgan fingerprint density at radius 1 is 1.30 bits per heavy atom. The topological polar surface area (TPSA) is 49.4 Å².